The number of aromatic hydroxyl groups is 1. The van der Waals surface area contributed by atoms with E-state index in [0.29, 0.717) is 10.6 Å². The van der Waals surface area contributed by atoms with Gasteiger partial charge in [0.25, 0.3) is 5.69 Å². The van der Waals surface area contributed by atoms with Crippen LogP contribution in [-0.2, 0) is 0 Å². The monoisotopic (exact) mass is 395 g/mol. The number of hydrogen-bond donors (Lipinski definition) is 1. The van der Waals surface area contributed by atoms with E-state index >= 15 is 0 Å². The molecule has 0 saturated heterocycles. The normalized spacial score (nSPS) is 10.9. The molecule has 3 aromatic rings. The molecule has 0 aliphatic heterocycles. The van der Waals surface area contributed by atoms with Crippen molar-refractivity contribution in [2.24, 2.45) is 0 Å². The van der Waals surface area contributed by atoms with E-state index in [-0.39, 0.29) is 11.4 Å². The van der Waals surface area contributed by atoms with E-state index in [1.807, 2.05) is 44.2 Å². The van der Waals surface area contributed by atoms with Crippen LogP contribution in [-0.4, -0.2) is 16.0 Å². The van der Waals surface area contributed by atoms with E-state index in [4.69, 9.17) is 4.74 Å². The van der Waals surface area contributed by atoms with Crippen LogP contribution in [0.3, 0.4) is 0 Å². The molecule has 0 atom stereocenters. The van der Waals surface area contributed by atoms with Crippen LogP contribution in [0.5, 0.6) is 11.5 Å². The molecule has 0 fully saturated rings. The molecule has 0 spiro atoms. The zero-order chi connectivity index (χ0) is 20.3. The van der Waals surface area contributed by atoms with Gasteiger partial charge in [-0.3, -0.25) is 10.1 Å². The summed E-state index contributed by atoms with van der Waals surface area (Å²) in [5.41, 5.74) is 2.50. The SMILES string of the molecule is Cc1cc(C=Cc2ccc(C(=O)Oc3ccc([N+](=O)[O-])cc3)s2)cc(C)c1O. The number of thiophene rings is 1. The molecule has 1 aromatic heterocycles. The number of esters is 1. The summed E-state index contributed by atoms with van der Waals surface area (Å²) >= 11 is 1.28. The zero-order valence-corrected chi connectivity index (χ0v) is 16.0. The first-order valence-electron chi connectivity index (χ1n) is 8.38. The van der Waals surface area contributed by atoms with Crippen LogP contribution in [0, 0.1) is 24.0 Å². The highest BCUT2D eigenvalue weighted by Crippen LogP contribution is 2.26. The van der Waals surface area contributed by atoms with Crippen LogP contribution >= 0.6 is 11.3 Å². The molecule has 142 valence electrons. The summed E-state index contributed by atoms with van der Waals surface area (Å²) in [5, 5.41) is 20.5. The number of aryl methyl sites for hydroxylation is 2. The van der Waals surface area contributed by atoms with Crippen molar-refractivity contribution in [3.63, 3.8) is 0 Å². The van der Waals surface area contributed by atoms with Crippen molar-refractivity contribution in [1.82, 2.24) is 0 Å². The van der Waals surface area contributed by atoms with E-state index in [1.165, 1.54) is 35.6 Å². The number of carbonyl (C=O) groups is 1. The molecule has 0 unspecified atom stereocenters. The van der Waals surface area contributed by atoms with Crippen molar-refractivity contribution < 1.29 is 19.6 Å². The lowest BCUT2D eigenvalue weighted by molar-refractivity contribution is -0.384. The van der Waals surface area contributed by atoms with Crippen LogP contribution in [0.25, 0.3) is 12.2 Å². The van der Waals surface area contributed by atoms with Gasteiger partial charge in [0.1, 0.15) is 16.4 Å². The summed E-state index contributed by atoms with van der Waals surface area (Å²) in [6, 6.07) is 12.6. The number of phenols is 1. The number of phenolic OH excluding ortho intramolecular Hbond substituents is 1. The third kappa shape index (κ3) is 4.44. The van der Waals surface area contributed by atoms with Gasteiger partial charge in [0, 0.05) is 17.0 Å². The van der Waals surface area contributed by atoms with Crippen LogP contribution in [0.2, 0.25) is 0 Å². The molecular formula is C21H17NO5S. The van der Waals surface area contributed by atoms with Crippen LogP contribution in [0.1, 0.15) is 31.2 Å². The first kappa shape index (κ1) is 19.3. The summed E-state index contributed by atoms with van der Waals surface area (Å²) in [6.45, 7) is 3.69. The van der Waals surface area contributed by atoms with Gasteiger partial charge < -0.3 is 9.84 Å². The minimum absolute atomic E-state index is 0.0666. The van der Waals surface area contributed by atoms with Crippen molar-refractivity contribution in [1.29, 1.82) is 0 Å². The molecule has 7 heteroatoms. The van der Waals surface area contributed by atoms with Crippen molar-refractivity contribution in [2.45, 2.75) is 13.8 Å². The summed E-state index contributed by atoms with van der Waals surface area (Å²) in [7, 11) is 0. The van der Waals surface area contributed by atoms with E-state index in [1.54, 1.807) is 6.07 Å². The third-order valence-corrected chi connectivity index (χ3v) is 5.07. The van der Waals surface area contributed by atoms with Gasteiger partial charge >= 0.3 is 5.97 Å². The average Bonchev–Trinajstić information content (AvgIpc) is 3.14. The van der Waals surface area contributed by atoms with Crippen molar-refractivity contribution in [3.05, 3.63) is 85.1 Å². The average molecular weight is 395 g/mol. The highest BCUT2D eigenvalue weighted by atomic mass is 32.1. The van der Waals surface area contributed by atoms with Crippen LogP contribution < -0.4 is 4.74 Å². The fourth-order valence-corrected chi connectivity index (χ4v) is 3.40. The largest absolute Gasteiger partial charge is 0.507 e. The summed E-state index contributed by atoms with van der Waals surface area (Å²) in [4.78, 5) is 23.7. The van der Waals surface area contributed by atoms with E-state index in [9.17, 15) is 20.0 Å². The highest BCUT2D eigenvalue weighted by Gasteiger charge is 2.12. The standard InChI is InChI=1S/C21H17NO5S/c1-13-11-15(12-14(2)20(13)23)3-8-18-9-10-19(28-18)21(24)27-17-6-4-16(5-7-17)22(25)26/h3-12,23H,1-2H3. The van der Waals surface area contributed by atoms with Crippen molar-refractivity contribution in [3.8, 4) is 11.5 Å². The molecule has 3 rings (SSSR count). The fourth-order valence-electron chi connectivity index (χ4n) is 2.61. The molecule has 2 aromatic carbocycles. The predicted molar refractivity (Wildman–Crippen MR) is 109 cm³/mol. The van der Waals surface area contributed by atoms with E-state index in [2.05, 4.69) is 0 Å². The molecule has 28 heavy (non-hydrogen) atoms. The Labute approximate surface area is 165 Å². The molecule has 0 bridgehead atoms. The van der Waals surface area contributed by atoms with Crippen LogP contribution in [0.4, 0.5) is 5.69 Å². The number of nitro groups is 1. The Bertz CT molecular complexity index is 1040. The fraction of sp³-hybridized carbons (Fsp3) is 0.0952. The van der Waals surface area contributed by atoms with Crippen LogP contribution in [0.15, 0.2) is 48.5 Å². The van der Waals surface area contributed by atoms with Gasteiger partial charge in [-0.15, -0.1) is 11.3 Å². The van der Waals surface area contributed by atoms with Crippen molar-refractivity contribution >= 4 is 35.1 Å². The highest BCUT2D eigenvalue weighted by molar-refractivity contribution is 7.14. The van der Waals surface area contributed by atoms with Gasteiger partial charge in [-0.05, 0) is 73.0 Å². The molecule has 1 N–H and O–H groups in total. The topological polar surface area (TPSA) is 89.7 Å². The Morgan fingerprint density at radius 3 is 2.32 bits per heavy atom. The van der Waals surface area contributed by atoms with Gasteiger partial charge in [0.2, 0.25) is 0 Å². The maximum atomic E-state index is 12.2. The lowest BCUT2D eigenvalue weighted by atomic mass is 10.1. The maximum Gasteiger partial charge on any atom is 0.353 e. The first-order valence-corrected chi connectivity index (χ1v) is 9.20. The van der Waals surface area contributed by atoms with Gasteiger partial charge in [-0.2, -0.15) is 0 Å². The number of non-ortho nitro benzene ring substituents is 1. The number of hydrogen-bond acceptors (Lipinski definition) is 6. The second-order valence-electron chi connectivity index (χ2n) is 6.18. The minimum Gasteiger partial charge on any atom is -0.507 e. The molecule has 0 radical (unpaired) electrons. The second-order valence-corrected chi connectivity index (χ2v) is 7.29. The summed E-state index contributed by atoms with van der Waals surface area (Å²) in [6.07, 6.45) is 3.80. The lowest BCUT2D eigenvalue weighted by Gasteiger charge is -2.04. The second kappa shape index (κ2) is 8.06. The first-order chi connectivity index (χ1) is 13.3. The Hall–Kier alpha value is -3.45. The molecule has 0 saturated carbocycles. The Morgan fingerprint density at radius 1 is 1.07 bits per heavy atom. The number of carbonyl (C=O) groups excluding carboxylic acids is 1. The lowest BCUT2D eigenvalue weighted by Crippen LogP contribution is -2.06. The van der Waals surface area contributed by atoms with Gasteiger partial charge in [-0.1, -0.05) is 6.08 Å². The summed E-state index contributed by atoms with van der Waals surface area (Å²) in [5.74, 6) is 0.0236. The van der Waals surface area contributed by atoms with E-state index < -0.39 is 10.9 Å². The zero-order valence-electron chi connectivity index (χ0n) is 15.2. The molecule has 0 aliphatic carbocycles. The molecule has 0 amide bonds. The minimum atomic E-state index is -0.519. The Balaban J connectivity index is 1.69. The maximum absolute atomic E-state index is 12.2. The molecule has 1 heterocycles. The molecular weight excluding hydrogens is 378 g/mol. The number of rotatable bonds is 5. The number of nitrogens with zero attached hydrogens (tertiary/aromatic N) is 1. The quantitative estimate of drug-likeness (QED) is 0.271. The number of ether oxygens (including phenoxy) is 1. The van der Waals surface area contributed by atoms with Crippen molar-refractivity contribution in [2.75, 3.05) is 0 Å². The molecule has 6 nitrogen and oxygen atoms in total. The molecule has 0 aliphatic rings. The predicted octanol–water partition coefficient (Wildman–Crippen LogP) is 5.37. The van der Waals surface area contributed by atoms with Gasteiger partial charge in [0.15, 0.2) is 0 Å². The Kier molecular flexibility index (Phi) is 5.56. The van der Waals surface area contributed by atoms with Gasteiger partial charge in [0.05, 0.1) is 4.92 Å². The van der Waals surface area contributed by atoms with Gasteiger partial charge in [-0.25, -0.2) is 4.79 Å². The third-order valence-electron chi connectivity index (χ3n) is 4.04. The Morgan fingerprint density at radius 2 is 1.71 bits per heavy atom. The smallest absolute Gasteiger partial charge is 0.353 e. The number of nitro benzene ring substituents is 1. The summed E-state index contributed by atoms with van der Waals surface area (Å²) < 4.78 is 5.25. The van der Waals surface area contributed by atoms with E-state index in [0.717, 1.165) is 21.6 Å². The number of benzene rings is 2.